The Morgan fingerprint density at radius 1 is 1.19 bits per heavy atom. The number of aromatic nitrogens is 1. The molecular weight excluding hydrogens is 556 g/mol. The normalized spacial score (nSPS) is 15.4. The van der Waals surface area contributed by atoms with Crippen molar-refractivity contribution < 1.29 is 18.7 Å². The number of nitrogens with zero attached hydrogens (tertiary/aromatic N) is 2. The van der Waals surface area contributed by atoms with Gasteiger partial charge in [0.25, 0.3) is 5.56 Å². The molecule has 2 aromatic heterocycles. The molecule has 7 nitrogen and oxygen atoms in total. The maximum absolute atomic E-state index is 13.7. The van der Waals surface area contributed by atoms with Gasteiger partial charge in [0.1, 0.15) is 17.3 Å². The van der Waals surface area contributed by atoms with Crippen molar-refractivity contribution in [3.8, 4) is 17.1 Å². The van der Waals surface area contributed by atoms with Crippen LogP contribution in [0.3, 0.4) is 0 Å². The Kier molecular flexibility index (Phi) is 6.99. The van der Waals surface area contributed by atoms with E-state index in [0.29, 0.717) is 37.9 Å². The first kappa shape index (κ1) is 25.0. The summed E-state index contributed by atoms with van der Waals surface area (Å²) in [5.74, 6) is 1.35. The third kappa shape index (κ3) is 4.84. The van der Waals surface area contributed by atoms with Gasteiger partial charge in [0.05, 0.1) is 35.6 Å². The number of halogens is 1. The molecule has 1 aliphatic heterocycles. The number of methoxy groups -OCH3 is 1. The van der Waals surface area contributed by atoms with Gasteiger partial charge < -0.3 is 13.9 Å². The molecule has 0 fully saturated rings. The number of rotatable bonds is 6. The van der Waals surface area contributed by atoms with E-state index in [9.17, 15) is 9.59 Å². The molecule has 0 radical (unpaired) electrons. The maximum atomic E-state index is 13.7. The summed E-state index contributed by atoms with van der Waals surface area (Å²) in [5, 5.41) is 0. The van der Waals surface area contributed by atoms with Crippen molar-refractivity contribution in [3.05, 3.63) is 107 Å². The zero-order chi connectivity index (χ0) is 26.1. The van der Waals surface area contributed by atoms with Crippen LogP contribution in [0.4, 0.5) is 0 Å². The molecule has 0 bridgehead atoms. The minimum Gasteiger partial charge on any atom is -0.497 e. The zero-order valence-corrected chi connectivity index (χ0v) is 22.8. The van der Waals surface area contributed by atoms with E-state index in [0.717, 1.165) is 15.6 Å². The van der Waals surface area contributed by atoms with Crippen LogP contribution in [0, 0.1) is 0 Å². The Morgan fingerprint density at radius 3 is 2.76 bits per heavy atom. The van der Waals surface area contributed by atoms with Gasteiger partial charge in [-0.3, -0.25) is 9.36 Å². The highest BCUT2D eigenvalue weighted by molar-refractivity contribution is 9.10. The second kappa shape index (κ2) is 10.4. The number of furan rings is 1. The van der Waals surface area contributed by atoms with Crippen LogP contribution in [-0.2, 0) is 9.53 Å². The highest BCUT2D eigenvalue weighted by Gasteiger charge is 2.33. The van der Waals surface area contributed by atoms with Crippen LogP contribution in [-0.4, -0.2) is 24.3 Å². The third-order valence-electron chi connectivity index (χ3n) is 5.94. The molecular formula is C28H23BrN2O5S. The van der Waals surface area contributed by atoms with Crippen LogP contribution < -0.4 is 19.6 Å². The molecule has 0 amide bonds. The van der Waals surface area contributed by atoms with Gasteiger partial charge in [-0.2, -0.15) is 0 Å². The highest BCUT2D eigenvalue weighted by Crippen LogP contribution is 2.32. The Labute approximate surface area is 225 Å². The first-order valence-electron chi connectivity index (χ1n) is 11.6. The van der Waals surface area contributed by atoms with Crippen LogP contribution in [0.5, 0.6) is 5.75 Å². The number of hydrogen-bond donors (Lipinski definition) is 0. The molecule has 0 saturated heterocycles. The predicted octanol–water partition coefficient (Wildman–Crippen LogP) is 4.83. The monoisotopic (exact) mass is 578 g/mol. The molecule has 4 aromatic rings. The fourth-order valence-electron chi connectivity index (χ4n) is 4.28. The predicted molar refractivity (Wildman–Crippen MR) is 145 cm³/mol. The fraction of sp³-hybridized carbons (Fsp3) is 0.179. The molecule has 188 valence electrons. The number of carbonyl (C=O) groups excluding carboxylic acids is 1. The van der Waals surface area contributed by atoms with Crippen LogP contribution >= 0.6 is 27.3 Å². The van der Waals surface area contributed by atoms with Crippen LogP contribution in [0.25, 0.3) is 17.4 Å². The van der Waals surface area contributed by atoms with Crippen molar-refractivity contribution in [3.63, 3.8) is 0 Å². The first-order chi connectivity index (χ1) is 17.9. The Bertz CT molecular complexity index is 1710. The molecule has 5 rings (SSSR count). The summed E-state index contributed by atoms with van der Waals surface area (Å²) < 4.78 is 19.7. The number of fused-ring (bicyclic) bond motifs is 1. The Hall–Kier alpha value is -3.69. The van der Waals surface area contributed by atoms with Gasteiger partial charge in [0, 0.05) is 16.1 Å². The lowest BCUT2D eigenvalue weighted by atomic mass is 9.95. The first-order valence-corrected chi connectivity index (χ1v) is 13.2. The minimum absolute atomic E-state index is 0.212. The summed E-state index contributed by atoms with van der Waals surface area (Å²) in [6.45, 7) is 3.71. The van der Waals surface area contributed by atoms with Crippen LogP contribution in [0.15, 0.2) is 90.6 Å². The van der Waals surface area contributed by atoms with Crippen molar-refractivity contribution in [1.29, 1.82) is 0 Å². The average Bonchev–Trinajstić information content (AvgIpc) is 3.48. The number of esters is 1. The van der Waals surface area contributed by atoms with E-state index in [2.05, 4.69) is 20.9 Å². The number of allylic oxidation sites excluding steroid dienone is 1. The van der Waals surface area contributed by atoms with E-state index < -0.39 is 12.0 Å². The van der Waals surface area contributed by atoms with Crippen molar-refractivity contribution in [1.82, 2.24) is 4.57 Å². The van der Waals surface area contributed by atoms with Gasteiger partial charge >= 0.3 is 5.97 Å². The summed E-state index contributed by atoms with van der Waals surface area (Å²) in [6.07, 6.45) is 1.71. The summed E-state index contributed by atoms with van der Waals surface area (Å²) >= 11 is 4.73. The molecule has 3 heterocycles. The van der Waals surface area contributed by atoms with Gasteiger partial charge in [-0.05, 0) is 55.8 Å². The summed E-state index contributed by atoms with van der Waals surface area (Å²) in [4.78, 5) is 31.9. The van der Waals surface area contributed by atoms with E-state index in [1.807, 2.05) is 60.7 Å². The van der Waals surface area contributed by atoms with Crippen molar-refractivity contribution >= 4 is 39.3 Å². The molecule has 1 atom stereocenters. The van der Waals surface area contributed by atoms with Gasteiger partial charge in [-0.1, -0.05) is 51.5 Å². The molecule has 0 spiro atoms. The average molecular weight is 579 g/mol. The summed E-state index contributed by atoms with van der Waals surface area (Å²) in [7, 11) is 1.57. The molecule has 0 N–H and O–H groups in total. The van der Waals surface area contributed by atoms with Crippen molar-refractivity contribution in [2.75, 3.05) is 13.7 Å². The van der Waals surface area contributed by atoms with Crippen LogP contribution in [0.2, 0.25) is 0 Å². The number of carbonyl (C=O) groups is 1. The molecule has 0 saturated carbocycles. The lowest BCUT2D eigenvalue weighted by Crippen LogP contribution is -2.39. The van der Waals surface area contributed by atoms with Crippen molar-refractivity contribution in [2.45, 2.75) is 19.9 Å². The number of ether oxygens (including phenoxy) is 2. The quantitative estimate of drug-likeness (QED) is 0.306. The SMILES string of the molecule is CCOC(=O)C1=C(C)N=c2s/c(=C\c3ccc(-c4cccc(Br)c4)o3)c(=O)n2[C@H]1c1cccc(OC)c1. The van der Waals surface area contributed by atoms with E-state index in [-0.39, 0.29) is 12.2 Å². The van der Waals surface area contributed by atoms with Gasteiger partial charge in [0.15, 0.2) is 4.80 Å². The highest BCUT2D eigenvalue weighted by atomic mass is 79.9. The fourth-order valence-corrected chi connectivity index (χ4v) is 5.70. The maximum Gasteiger partial charge on any atom is 0.338 e. The number of hydrogen-bond acceptors (Lipinski definition) is 7. The smallest absolute Gasteiger partial charge is 0.338 e. The lowest BCUT2D eigenvalue weighted by Gasteiger charge is -2.24. The van der Waals surface area contributed by atoms with Gasteiger partial charge in [0.2, 0.25) is 0 Å². The second-order valence-electron chi connectivity index (χ2n) is 8.29. The topological polar surface area (TPSA) is 83.0 Å². The third-order valence-corrected chi connectivity index (χ3v) is 7.41. The molecule has 0 aliphatic carbocycles. The molecule has 9 heteroatoms. The summed E-state index contributed by atoms with van der Waals surface area (Å²) in [5.41, 5.74) is 2.20. The van der Waals surface area contributed by atoms with Gasteiger partial charge in [-0.25, -0.2) is 9.79 Å². The molecule has 1 aliphatic rings. The van der Waals surface area contributed by atoms with E-state index in [4.69, 9.17) is 13.9 Å². The largest absolute Gasteiger partial charge is 0.497 e. The number of thiazole rings is 1. The molecule has 2 aromatic carbocycles. The molecule has 37 heavy (non-hydrogen) atoms. The Morgan fingerprint density at radius 2 is 2.00 bits per heavy atom. The van der Waals surface area contributed by atoms with E-state index in [1.165, 1.54) is 11.3 Å². The van der Waals surface area contributed by atoms with Gasteiger partial charge in [-0.15, -0.1) is 0 Å². The standard InChI is InChI=1S/C28H23BrN2O5S/c1-4-35-27(33)24-16(2)30-28-31(25(24)18-8-6-10-20(14-18)34-3)26(32)23(37-28)15-21-11-12-22(36-21)17-7-5-9-19(29)13-17/h5-15,25H,4H2,1-3H3/b23-15-/t25-/m0/s1. The number of benzene rings is 2. The van der Waals surface area contributed by atoms with Crippen molar-refractivity contribution in [2.24, 2.45) is 4.99 Å². The second-order valence-corrected chi connectivity index (χ2v) is 10.2. The minimum atomic E-state index is -0.707. The molecule has 0 unspecified atom stereocenters. The lowest BCUT2D eigenvalue weighted by molar-refractivity contribution is -0.139. The summed E-state index contributed by atoms with van der Waals surface area (Å²) in [6, 6.07) is 18.1. The van der Waals surface area contributed by atoms with E-state index >= 15 is 0 Å². The zero-order valence-electron chi connectivity index (χ0n) is 20.4. The van der Waals surface area contributed by atoms with Crippen LogP contribution in [0.1, 0.15) is 31.2 Å². The Balaban J connectivity index is 1.65. The van der Waals surface area contributed by atoms with E-state index in [1.54, 1.807) is 31.6 Å².